The predicted molar refractivity (Wildman–Crippen MR) is 54.8 cm³/mol. The SMILES string of the molecule is CC.CC(C)/C=C\C(C)(C)C. The normalized spacial score (nSPS) is 11.6. The summed E-state index contributed by atoms with van der Waals surface area (Å²) in [5.74, 6) is 0.684. The van der Waals surface area contributed by atoms with Crippen LogP contribution in [0.5, 0.6) is 0 Å². The molecule has 0 rings (SSSR count). The lowest BCUT2D eigenvalue weighted by atomic mass is 9.95. The molecule has 0 heteroatoms. The van der Waals surface area contributed by atoms with E-state index in [1.807, 2.05) is 13.8 Å². The van der Waals surface area contributed by atoms with Gasteiger partial charge in [-0.15, -0.1) is 0 Å². The molecule has 11 heavy (non-hydrogen) atoms. The molecule has 0 fully saturated rings. The zero-order valence-corrected chi connectivity index (χ0v) is 9.23. The van der Waals surface area contributed by atoms with Gasteiger partial charge in [0.25, 0.3) is 0 Å². The Hall–Kier alpha value is -0.260. The highest BCUT2D eigenvalue weighted by atomic mass is 14.1. The van der Waals surface area contributed by atoms with Gasteiger partial charge in [0.1, 0.15) is 0 Å². The van der Waals surface area contributed by atoms with Gasteiger partial charge < -0.3 is 0 Å². The third-order valence-corrected chi connectivity index (χ3v) is 0.981. The van der Waals surface area contributed by atoms with Crippen molar-refractivity contribution >= 4 is 0 Å². The van der Waals surface area contributed by atoms with E-state index in [0.29, 0.717) is 11.3 Å². The first-order chi connectivity index (χ1) is 4.92. The van der Waals surface area contributed by atoms with Crippen LogP contribution >= 0.6 is 0 Å². The number of rotatable bonds is 1. The summed E-state index contributed by atoms with van der Waals surface area (Å²) in [4.78, 5) is 0. The molecular formula is C11H24. The summed E-state index contributed by atoms with van der Waals surface area (Å²) in [5.41, 5.74) is 0.351. The summed E-state index contributed by atoms with van der Waals surface area (Å²) < 4.78 is 0. The summed E-state index contributed by atoms with van der Waals surface area (Å²) in [7, 11) is 0. The van der Waals surface area contributed by atoms with Gasteiger partial charge in [-0.1, -0.05) is 60.6 Å². The van der Waals surface area contributed by atoms with Gasteiger partial charge in [-0.05, 0) is 11.3 Å². The zero-order chi connectivity index (χ0) is 9.49. The quantitative estimate of drug-likeness (QED) is 0.497. The molecule has 0 N–H and O–H groups in total. The molecule has 0 aromatic rings. The molecule has 0 aliphatic carbocycles. The minimum atomic E-state index is 0.351. The van der Waals surface area contributed by atoms with Crippen molar-refractivity contribution in [2.75, 3.05) is 0 Å². The maximum atomic E-state index is 2.26. The first-order valence-electron chi connectivity index (χ1n) is 4.61. The fraction of sp³-hybridized carbons (Fsp3) is 0.818. The van der Waals surface area contributed by atoms with Crippen LogP contribution in [0.1, 0.15) is 48.5 Å². The largest absolute Gasteiger partial charge is 0.0854 e. The first-order valence-corrected chi connectivity index (χ1v) is 4.61. The minimum Gasteiger partial charge on any atom is -0.0854 e. The molecule has 0 spiro atoms. The Morgan fingerprint density at radius 2 is 1.36 bits per heavy atom. The second-order valence-corrected chi connectivity index (χ2v) is 3.97. The topological polar surface area (TPSA) is 0 Å². The lowest BCUT2D eigenvalue weighted by Gasteiger charge is -2.11. The van der Waals surface area contributed by atoms with Crippen LogP contribution in [-0.4, -0.2) is 0 Å². The average Bonchev–Trinajstić information content (AvgIpc) is 1.87. The molecular weight excluding hydrogens is 132 g/mol. The van der Waals surface area contributed by atoms with Crippen molar-refractivity contribution in [3.8, 4) is 0 Å². The van der Waals surface area contributed by atoms with Crippen molar-refractivity contribution in [3.63, 3.8) is 0 Å². The molecule has 0 unspecified atom stereocenters. The molecule has 0 atom stereocenters. The molecule has 0 nitrogen and oxygen atoms in total. The van der Waals surface area contributed by atoms with E-state index < -0.39 is 0 Å². The van der Waals surface area contributed by atoms with Crippen LogP contribution in [0.4, 0.5) is 0 Å². The smallest absolute Gasteiger partial charge is 0.0203 e. The van der Waals surface area contributed by atoms with E-state index in [9.17, 15) is 0 Å². The van der Waals surface area contributed by atoms with E-state index in [1.54, 1.807) is 0 Å². The summed E-state index contributed by atoms with van der Waals surface area (Å²) in [6, 6.07) is 0. The second-order valence-electron chi connectivity index (χ2n) is 3.97. The molecule has 0 bridgehead atoms. The van der Waals surface area contributed by atoms with Crippen molar-refractivity contribution in [1.82, 2.24) is 0 Å². The van der Waals surface area contributed by atoms with Crippen molar-refractivity contribution in [2.45, 2.75) is 48.5 Å². The molecule has 0 saturated carbocycles. The summed E-state index contributed by atoms with van der Waals surface area (Å²) in [6.45, 7) is 15.0. The number of hydrogen-bond acceptors (Lipinski definition) is 0. The highest BCUT2D eigenvalue weighted by Gasteiger charge is 2.02. The fourth-order valence-corrected chi connectivity index (χ4v) is 0.481. The fourth-order valence-electron chi connectivity index (χ4n) is 0.481. The Bertz CT molecular complexity index is 91.1. The van der Waals surface area contributed by atoms with Crippen molar-refractivity contribution in [2.24, 2.45) is 11.3 Å². The van der Waals surface area contributed by atoms with Crippen molar-refractivity contribution in [3.05, 3.63) is 12.2 Å². The Balaban J connectivity index is 0. The van der Waals surface area contributed by atoms with E-state index >= 15 is 0 Å². The van der Waals surface area contributed by atoms with Crippen LogP contribution in [0, 0.1) is 11.3 Å². The van der Waals surface area contributed by atoms with E-state index in [4.69, 9.17) is 0 Å². The molecule has 0 amide bonds. The van der Waals surface area contributed by atoms with E-state index in [2.05, 4.69) is 46.8 Å². The lowest BCUT2D eigenvalue weighted by Crippen LogP contribution is -1.99. The van der Waals surface area contributed by atoms with E-state index in [1.165, 1.54) is 0 Å². The van der Waals surface area contributed by atoms with Crippen LogP contribution in [0.2, 0.25) is 0 Å². The third kappa shape index (κ3) is 17.7. The van der Waals surface area contributed by atoms with Crippen molar-refractivity contribution in [1.29, 1.82) is 0 Å². The van der Waals surface area contributed by atoms with Gasteiger partial charge in [0.05, 0.1) is 0 Å². The highest BCUT2D eigenvalue weighted by Crippen LogP contribution is 2.15. The van der Waals surface area contributed by atoms with Crippen LogP contribution in [0.25, 0.3) is 0 Å². The maximum absolute atomic E-state index is 2.26. The highest BCUT2D eigenvalue weighted by molar-refractivity contribution is 4.93. The molecule has 0 radical (unpaired) electrons. The Morgan fingerprint density at radius 3 is 1.45 bits per heavy atom. The van der Waals surface area contributed by atoms with Gasteiger partial charge in [-0.3, -0.25) is 0 Å². The lowest BCUT2D eigenvalue weighted by molar-refractivity contribution is 0.538. The molecule has 0 saturated heterocycles. The first kappa shape index (κ1) is 13.3. The monoisotopic (exact) mass is 156 g/mol. The Labute approximate surface area is 72.7 Å². The number of allylic oxidation sites excluding steroid dienone is 2. The average molecular weight is 156 g/mol. The summed E-state index contributed by atoms with van der Waals surface area (Å²) >= 11 is 0. The van der Waals surface area contributed by atoms with E-state index in [-0.39, 0.29) is 0 Å². The van der Waals surface area contributed by atoms with Gasteiger partial charge in [-0.25, -0.2) is 0 Å². The third-order valence-electron chi connectivity index (χ3n) is 0.981. The van der Waals surface area contributed by atoms with Crippen LogP contribution in [0.3, 0.4) is 0 Å². The van der Waals surface area contributed by atoms with E-state index in [0.717, 1.165) is 0 Å². The predicted octanol–water partition coefficient (Wildman–Crippen LogP) is 4.27. The van der Waals surface area contributed by atoms with Gasteiger partial charge in [0, 0.05) is 0 Å². The standard InChI is InChI=1S/C9H18.C2H6/c1-8(2)6-7-9(3,4)5;1-2/h6-8H,1-5H3;1-2H3/b7-6-;. The molecule has 0 aromatic carbocycles. The van der Waals surface area contributed by atoms with Crippen molar-refractivity contribution < 1.29 is 0 Å². The number of hydrogen-bond donors (Lipinski definition) is 0. The molecule has 68 valence electrons. The molecule has 0 aliphatic rings. The van der Waals surface area contributed by atoms with Crippen LogP contribution in [-0.2, 0) is 0 Å². The van der Waals surface area contributed by atoms with Gasteiger partial charge in [0.15, 0.2) is 0 Å². The van der Waals surface area contributed by atoms with Gasteiger partial charge in [0.2, 0.25) is 0 Å². The summed E-state index contributed by atoms with van der Waals surface area (Å²) in [6.07, 6.45) is 4.51. The second kappa shape index (κ2) is 6.45. The minimum absolute atomic E-state index is 0.351. The van der Waals surface area contributed by atoms with Crippen LogP contribution < -0.4 is 0 Å². The molecule has 0 aliphatic heterocycles. The maximum Gasteiger partial charge on any atom is -0.0203 e. The Kier molecular flexibility index (Phi) is 7.82. The van der Waals surface area contributed by atoms with Crippen LogP contribution in [0.15, 0.2) is 12.2 Å². The molecule has 0 heterocycles. The molecule has 0 aromatic heterocycles. The summed E-state index contributed by atoms with van der Waals surface area (Å²) in [5, 5.41) is 0. The van der Waals surface area contributed by atoms with Gasteiger partial charge >= 0.3 is 0 Å². The zero-order valence-electron chi connectivity index (χ0n) is 9.23. The van der Waals surface area contributed by atoms with Gasteiger partial charge in [-0.2, -0.15) is 0 Å². The Morgan fingerprint density at radius 1 is 1.00 bits per heavy atom.